The van der Waals surface area contributed by atoms with Gasteiger partial charge in [-0.05, 0) is 18.4 Å². The molecule has 0 spiro atoms. The van der Waals surface area contributed by atoms with Crippen LogP contribution in [0.5, 0.6) is 0 Å². The quantitative estimate of drug-likeness (QED) is 0.162. The van der Waals surface area contributed by atoms with Crippen molar-refractivity contribution in [2.75, 3.05) is 18.6 Å². The summed E-state index contributed by atoms with van der Waals surface area (Å²) in [4.78, 5) is 62.7. The largest absolute Gasteiger partial charge is 0.480 e. The smallest absolute Gasteiger partial charge is 0.326 e. The first kappa shape index (κ1) is 25.9. The Hall–Kier alpha value is -3.39. The lowest BCUT2D eigenvalue weighted by Crippen LogP contribution is -2.57. The average molecular weight is 481 g/mol. The molecule has 8 N–H and O–H groups in total. The number of aliphatic carboxylic acids is 1. The maximum atomic E-state index is 13.0. The van der Waals surface area contributed by atoms with E-state index in [0.29, 0.717) is 23.6 Å². The minimum Gasteiger partial charge on any atom is -0.480 e. The minimum atomic E-state index is -1.25. The van der Waals surface area contributed by atoms with Crippen molar-refractivity contribution in [3.8, 4) is 0 Å². The number of carbonyl (C=O) groups is 4. The van der Waals surface area contributed by atoms with E-state index >= 15 is 0 Å². The highest BCUT2D eigenvalue weighted by Crippen LogP contribution is 2.06. The van der Waals surface area contributed by atoms with Crippen LogP contribution in [0.2, 0.25) is 0 Å². The molecule has 0 bridgehead atoms. The van der Waals surface area contributed by atoms with E-state index in [1.165, 1.54) is 36.8 Å². The van der Waals surface area contributed by atoms with E-state index in [9.17, 15) is 24.3 Å². The molecule has 2 heterocycles. The zero-order chi connectivity index (χ0) is 24.2. The zero-order valence-electron chi connectivity index (χ0n) is 18.0. The van der Waals surface area contributed by atoms with E-state index in [0.717, 1.165) is 0 Å². The van der Waals surface area contributed by atoms with Crippen LogP contribution in [0, 0.1) is 0 Å². The summed E-state index contributed by atoms with van der Waals surface area (Å²) in [6.45, 7) is -0.283. The van der Waals surface area contributed by atoms with Gasteiger partial charge in [-0.25, -0.2) is 14.8 Å². The Morgan fingerprint density at radius 3 is 2.00 bits per heavy atom. The Bertz CT molecular complexity index is 905. The van der Waals surface area contributed by atoms with Gasteiger partial charge < -0.3 is 36.8 Å². The van der Waals surface area contributed by atoms with Gasteiger partial charge in [0.05, 0.1) is 19.2 Å². The number of thioether (sulfide) groups is 1. The summed E-state index contributed by atoms with van der Waals surface area (Å²) in [5.41, 5.74) is 6.43. The second-order valence-corrected chi connectivity index (χ2v) is 8.11. The van der Waals surface area contributed by atoms with Crippen molar-refractivity contribution in [3.05, 3.63) is 36.4 Å². The third kappa shape index (κ3) is 8.57. The molecular weight excluding hydrogens is 452 g/mol. The number of hydrogen-bond donors (Lipinski definition) is 7. The van der Waals surface area contributed by atoms with Crippen LogP contribution in [-0.2, 0) is 32.0 Å². The molecule has 0 aliphatic heterocycles. The van der Waals surface area contributed by atoms with Crippen molar-refractivity contribution < 1.29 is 24.3 Å². The van der Waals surface area contributed by atoms with Crippen LogP contribution in [0.25, 0.3) is 0 Å². The van der Waals surface area contributed by atoms with Crippen molar-refractivity contribution in [2.45, 2.75) is 37.4 Å². The molecule has 0 saturated heterocycles. The van der Waals surface area contributed by atoms with Crippen molar-refractivity contribution in [1.82, 2.24) is 35.9 Å². The lowest BCUT2D eigenvalue weighted by Gasteiger charge is -2.24. The number of H-pyrrole nitrogens is 2. The number of hydrogen-bond acceptors (Lipinski definition) is 8. The predicted octanol–water partition coefficient (Wildman–Crippen LogP) is -1.83. The van der Waals surface area contributed by atoms with Crippen LogP contribution in [0.1, 0.15) is 17.8 Å². The third-order valence-electron chi connectivity index (χ3n) is 4.65. The Labute approximate surface area is 194 Å². The Morgan fingerprint density at radius 2 is 1.52 bits per heavy atom. The van der Waals surface area contributed by atoms with Crippen LogP contribution in [0.15, 0.2) is 25.0 Å². The van der Waals surface area contributed by atoms with Gasteiger partial charge in [-0.2, -0.15) is 11.8 Å². The van der Waals surface area contributed by atoms with Gasteiger partial charge in [0.25, 0.3) is 0 Å². The van der Waals surface area contributed by atoms with Gasteiger partial charge in [-0.15, -0.1) is 0 Å². The number of aromatic amines is 2. The molecule has 180 valence electrons. The van der Waals surface area contributed by atoms with Gasteiger partial charge in [-0.1, -0.05) is 0 Å². The minimum absolute atomic E-state index is 0.0191. The molecule has 14 heteroatoms. The van der Waals surface area contributed by atoms with Gasteiger partial charge in [0.15, 0.2) is 0 Å². The maximum absolute atomic E-state index is 13.0. The van der Waals surface area contributed by atoms with E-state index in [2.05, 4.69) is 35.9 Å². The van der Waals surface area contributed by atoms with Gasteiger partial charge in [-0.3, -0.25) is 14.4 Å². The van der Waals surface area contributed by atoms with Crippen LogP contribution >= 0.6 is 11.8 Å². The molecule has 0 fully saturated rings. The summed E-state index contributed by atoms with van der Waals surface area (Å²) >= 11 is 1.50. The molecule has 0 aromatic carbocycles. The summed E-state index contributed by atoms with van der Waals surface area (Å²) in [5, 5.41) is 17.2. The Kier molecular flexibility index (Phi) is 10.4. The van der Waals surface area contributed by atoms with E-state index in [1.54, 1.807) is 0 Å². The molecule has 0 radical (unpaired) electrons. The predicted molar refractivity (Wildman–Crippen MR) is 120 cm³/mol. The summed E-state index contributed by atoms with van der Waals surface area (Å²) in [7, 11) is 0. The normalized spacial score (nSPS) is 13.5. The topological polar surface area (TPSA) is 208 Å². The Morgan fingerprint density at radius 1 is 0.970 bits per heavy atom. The highest BCUT2D eigenvalue weighted by Gasteiger charge is 2.30. The van der Waals surface area contributed by atoms with Gasteiger partial charge in [0, 0.05) is 36.6 Å². The van der Waals surface area contributed by atoms with E-state index in [-0.39, 0.29) is 19.4 Å². The second kappa shape index (κ2) is 13.2. The van der Waals surface area contributed by atoms with Crippen LogP contribution in [-0.4, -0.2) is 85.4 Å². The SMILES string of the molecule is CSCCC(NC(=O)CN)C(=O)NC(Cc1cnc[nH]1)C(=O)NC(Cc1cnc[nH]1)C(=O)O. The molecule has 3 atom stereocenters. The number of nitrogens with two attached hydrogens (primary N) is 1. The maximum Gasteiger partial charge on any atom is 0.326 e. The molecule has 0 aliphatic carbocycles. The number of carboxylic acids is 1. The molecule has 33 heavy (non-hydrogen) atoms. The monoisotopic (exact) mass is 480 g/mol. The fourth-order valence-corrected chi connectivity index (χ4v) is 3.42. The number of nitrogens with one attached hydrogen (secondary N) is 5. The Balaban J connectivity index is 2.15. The molecule has 3 unspecified atom stereocenters. The van der Waals surface area contributed by atoms with Crippen molar-refractivity contribution in [2.24, 2.45) is 5.73 Å². The van der Waals surface area contributed by atoms with E-state index in [1.807, 2.05) is 6.26 Å². The van der Waals surface area contributed by atoms with Crippen molar-refractivity contribution >= 4 is 35.5 Å². The number of nitrogens with zero attached hydrogens (tertiary/aromatic N) is 2. The lowest BCUT2D eigenvalue weighted by molar-refractivity contribution is -0.142. The van der Waals surface area contributed by atoms with E-state index < -0.39 is 41.8 Å². The summed E-state index contributed by atoms with van der Waals surface area (Å²) in [5.74, 6) is -2.43. The first-order valence-electron chi connectivity index (χ1n) is 10.1. The summed E-state index contributed by atoms with van der Waals surface area (Å²) in [6, 6.07) is -3.26. The fourth-order valence-electron chi connectivity index (χ4n) is 2.94. The zero-order valence-corrected chi connectivity index (χ0v) is 18.9. The molecule has 0 aliphatic rings. The van der Waals surface area contributed by atoms with Crippen LogP contribution in [0.4, 0.5) is 0 Å². The van der Waals surface area contributed by atoms with Crippen molar-refractivity contribution in [3.63, 3.8) is 0 Å². The summed E-state index contributed by atoms with van der Waals surface area (Å²) < 4.78 is 0. The standard InChI is InChI=1S/C19H28N8O5S/c1-33-3-2-13(25-16(28)6-20)17(29)26-14(4-11-7-21-9-23-11)18(30)27-15(19(31)32)5-12-8-22-10-24-12/h7-10,13-15H,2-6,20H2,1H3,(H,21,23)(H,22,24)(H,25,28)(H,26,29)(H,27,30)(H,31,32). The second-order valence-electron chi connectivity index (χ2n) is 7.13. The number of imidazole rings is 2. The van der Waals surface area contributed by atoms with Crippen molar-refractivity contribution in [1.29, 1.82) is 0 Å². The molecule has 0 saturated carbocycles. The molecule has 2 aromatic heterocycles. The molecule has 3 amide bonds. The molecule has 2 aromatic rings. The van der Waals surface area contributed by atoms with Gasteiger partial charge in [0.1, 0.15) is 18.1 Å². The van der Waals surface area contributed by atoms with Gasteiger partial charge >= 0.3 is 5.97 Å². The molecular formula is C19H28N8O5S. The lowest BCUT2D eigenvalue weighted by atomic mass is 10.1. The third-order valence-corrected chi connectivity index (χ3v) is 5.30. The first-order chi connectivity index (χ1) is 15.8. The number of carbonyl (C=O) groups excluding carboxylic acids is 3. The number of carboxylic acid groups (broad SMARTS) is 1. The number of rotatable bonds is 14. The van der Waals surface area contributed by atoms with Crippen LogP contribution in [0.3, 0.4) is 0 Å². The number of amides is 3. The van der Waals surface area contributed by atoms with Crippen LogP contribution < -0.4 is 21.7 Å². The average Bonchev–Trinajstić information content (AvgIpc) is 3.49. The number of aromatic nitrogens is 4. The highest BCUT2D eigenvalue weighted by molar-refractivity contribution is 7.98. The molecule has 13 nitrogen and oxygen atoms in total. The fraction of sp³-hybridized carbons (Fsp3) is 0.474. The first-order valence-corrected chi connectivity index (χ1v) is 11.5. The molecule has 2 rings (SSSR count). The van der Waals surface area contributed by atoms with Gasteiger partial charge in [0.2, 0.25) is 17.7 Å². The summed E-state index contributed by atoms with van der Waals surface area (Å²) in [6.07, 6.45) is 7.99. The van der Waals surface area contributed by atoms with E-state index in [4.69, 9.17) is 5.73 Å². The highest BCUT2D eigenvalue weighted by atomic mass is 32.2.